The molecular formula is C28H40N4O6. The molecule has 4 aliphatic rings. The Morgan fingerprint density at radius 2 is 1.89 bits per heavy atom. The van der Waals surface area contributed by atoms with Gasteiger partial charge in [-0.3, -0.25) is 19.3 Å². The topological polar surface area (TPSA) is 120 Å². The second-order valence-corrected chi connectivity index (χ2v) is 11.3. The molecule has 4 fully saturated rings. The van der Waals surface area contributed by atoms with Crippen molar-refractivity contribution in [2.75, 3.05) is 51.3 Å². The first-order chi connectivity index (χ1) is 18.3. The average Bonchev–Trinajstić information content (AvgIpc) is 3.43. The van der Waals surface area contributed by atoms with Gasteiger partial charge in [-0.2, -0.15) is 0 Å². The van der Waals surface area contributed by atoms with Crippen molar-refractivity contribution in [1.82, 2.24) is 15.1 Å². The first-order valence-corrected chi connectivity index (χ1v) is 13.8. The van der Waals surface area contributed by atoms with E-state index in [-0.39, 0.29) is 30.2 Å². The molecule has 4 saturated heterocycles. The van der Waals surface area contributed by atoms with E-state index in [1.807, 2.05) is 39.0 Å². The van der Waals surface area contributed by atoms with Gasteiger partial charge in [-0.25, -0.2) is 0 Å². The van der Waals surface area contributed by atoms with Crippen LogP contribution in [0, 0.1) is 17.8 Å². The highest BCUT2D eigenvalue weighted by Gasteiger charge is 2.80. The van der Waals surface area contributed by atoms with Crippen molar-refractivity contribution in [3.05, 3.63) is 30.3 Å². The Bertz CT molecular complexity index is 1050. The molecule has 0 saturated carbocycles. The lowest BCUT2D eigenvalue weighted by atomic mass is 9.62. The second-order valence-electron chi connectivity index (χ2n) is 11.3. The lowest BCUT2D eigenvalue weighted by molar-refractivity contribution is -0.149. The fraction of sp³-hybridized carbons (Fsp3) is 0.679. The lowest BCUT2D eigenvalue weighted by Gasteiger charge is -2.37. The van der Waals surface area contributed by atoms with E-state index in [9.17, 15) is 19.5 Å². The molecule has 10 heteroatoms. The molecule has 5 rings (SSSR count). The Morgan fingerprint density at radius 1 is 1.18 bits per heavy atom. The second kappa shape index (κ2) is 10.6. The van der Waals surface area contributed by atoms with Crippen LogP contribution in [0.2, 0.25) is 0 Å². The summed E-state index contributed by atoms with van der Waals surface area (Å²) in [7, 11) is 0. The van der Waals surface area contributed by atoms with Crippen molar-refractivity contribution in [1.29, 1.82) is 0 Å². The molecule has 1 aromatic carbocycles. The average molecular weight is 529 g/mol. The zero-order valence-corrected chi connectivity index (χ0v) is 22.5. The molecule has 3 amide bonds. The molecule has 38 heavy (non-hydrogen) atoms. The molecular weight excluding hydrogens is 488 g/mol. The number of rotatable bonds is 9. The third-order valence-electron chi connectivity index (χ3n) is 9.23. The molecule has 0 aromatic heterocycles. The number of para-hydroxylation sites is 1. The van der Waals surface area contributed by atoms with E-state index in [1.54, 1.807) is 12.1 Å². The predicted octanol–water partition coefficient (Wildman–Crippen LogP) is 0.855. The molecule has 4 heterocycles. The van der Waals surface area contributed by atoms with Crippen molar-refractivity contribution in [3.8, 4) is 0 Å². The molecule has 0 radical (unpaired) electrons. The van der Waals surface area contributed by atoms with E-state index in [1.165, 1.54) is 4.90 Å². The van der Waals surface area contributed by atoms with Gasteiger partial charge in [-0.05, 0) is 37.8 Å². The number of fused-ring (bicyclic) bond motifs is 1. The summed E-state index contributed by atoms with van der Waals surface area (Å²) in [5.41, 5.74) is -1.37. The number of likely N-dealkylation sites (tertiary alicyclic amines) is 1. The minimum Gasteiger partial charge on any atom is -0.394 e. The maximum atomic E-state index is 14.1. The summed E-state index contributed by atoms with van der Waals surface area (Å²) in [5.74, 6) is -2.47. The smallest absolute Gasteiger partial charge is 0.245 e. The monoisotopic (exact) mass is 528 g/mol. The van der Waals surface area contributed by atoms with Crippen molar-refractivity contribution < 1.29 is 29.0 Å². The van der Waals surface area contributed by atoms with Gasteiger partial charge in [-0.15, -0.1) is 0 Å². The fourth-order valence-electron chi connectivity index (χ4n) is 7.18. The largest absolute Gasteiger partial charge is 0.394 e. The number of amides is 3. The van der Waals surface area contributed by atoms with Crippen LogP contribution in [-0.4, -0.2) is 102 Å². The first-order valence-electron chi connectivity index (χ1n) is 13.8. The fourth-order valence-corrected chi connectivity index (χ4v) is 7.18. The molecule has 2 bridgehead atoms. The maximum Gasteiger partial charge on any atom is 0.245 e. The van der Waals surface area contributed by atoms with E-state index in [2.05, 4.69) is 15.5 Å². The van der Waals surface area contributed by atoms with Gasteiger partial charge in [0.25, 0.3) is 0 Å². The van der Waals surface area contributed by atoms with E-state index in [4.69, 9.17) is 9.47 Å². The van der Waals surface area contributed by atoms with Crippen LogP contribution in [0.3, 0.4) is 0 Å². The summed E-state index contributed by atoms with van der Waals surface area (Å²) >= 11 is 0. The normalized spacial score (nSPS) is 35.3. The number of aliphatic hydroxyl groups excluding tert-OH is 1. The van der Waals surface area contributed by atoms with E-state index >= 15 is 0 Å². The zero-order chi connectivity index (χ0) is 27.1. The molecule has 7 atom stereocenters. The van der Waals surface area contributed by atoms with E-state index in [0.717, 1.165) is 13.1 Å². The molecule has 208 valence electrons. The van der Waals surface area contributed by atoms with Gasteiger partial charge in [0, 0.05) is 31.9 Å². The van der Waals surface area contributed by atoms with Crippen LogP contribution in [0.5, 0.6) is 0 Å². The Labute approximate surface area is 224 Å². The molecule has 3 unspecified atom stereocenters. The highest BCUT2D eigenvalue weighted by atomic mass is 16.5. The standard InChI is InChI=1S/C28H40N4O6/c1-4-20(17-33)32-23(25(35)29-10-11-31-12-14-37-15-13-31)28-16-18(2)27(3,38-28)21(22(28)26(32)36)24(34)30-19-8-6-5-7-9-19/h5-9,18,20-23,33H,4,10-17H2,1-3H3,(H,29,35)(H,30,34)/t18?,20-,21+,22-,23?,27-,28?/m0/s1. The van der Waals surface area contributed by atoms with Crippen LogP contribution in [0.25, 0.3) is 0 Å². The molecule has 3 N–H and O–H groups in total. The van der Waals surface area contributed by atoms with Crippen LogP contribution >= 0.6 is 0 Å². The SMILES string of the molecule is CC[C@@H](CO)N1C(=O)[C@@H]2[C@H](C(=O)Nc3ccccc3)[C@@]3(C)OC2(CC3C)C1C(=O)NCCN1CCOCC1. The highest BCUT2D eigenvalue weighted by molar-refractivity contribution is 6.02. The Morgan fingerprint density at radius 3 is 2.55 bits per heavy atom. The van der Waals surface area contributed by atoms with Gasteiger partial charge >= 0.3 is 0 Å². The Balaban J connectivity index is 1.44. The van der Waals surface area contributed by atoms with Crippen LogP contribution in [0.1, 0.15) is 33.6 Å². The van der Waals surface area contributed by atoms with Crippen LogP contribution in [0.4, 0.5) is 5.69 Å². The Kier molecular flexibility index (Phi) is 7.52. The number of aliphatic hydroxyl groups is 1. The molecule has 1 aromatic rings. The molecule has 1 spiro atoms. The number of ether oxygens (including phenoxy) is 2. The van der Waals surface area contributed by atoms with Crippen molar-refractivity contribution >= 4 is 23.4 Å². The van der Waals surface area contributed by atoms with Gasteiger partial charge in [0.05, 0.1) is 43.3 Å². The minimum atomic E-state index is -1.13. The number of morpholine rings is 1. The minimum absolute atomic E-state index is 0.0455. The summed E-state index contributed by atoms with van der Waals surface area (Å²) in [6.45, 7) is 9.63. The number of hydrogen-bond acceptors (Lipinski definition) is 7. The number of anilines is 1. The van der Waals surface area contributed by atoms with Crippen LogP contribution < -0.4 is 10.6 Å². The van der Waals surface area contributed by atoms with Crippen LogP contribution in [0.15, 0.2) is 30.3 Å². The summed E-state index contributed by atoms with van der Waals surface area (Å²) in [6, 6.07) is 7.70. The van der Waals surface area contributed by atoms with Crippen molar-refractivity contribution in [2.24, 2.45) is 17.8 Å². The molecule has 10 nitrogen and oxygen atoms in total. The van der Waals surface area contributed by atoms with E-state index in [0.29, 0.717) is 44.8 Å². The van der Waals surface area contributed by atoms with Gasteiger partial charge in [-0.1, -0.05) is 32.0 Å². The summed E-state index contributed by atoms with van der Waals surface area (Å²) < 4.78 is 12.1. The third-order valence-corrected chi connectivity index (χ3v) is 9.23. The molecule has 0 aliphatic carbocycles. The Hall–Kier alpha value is -2.53. The summed E-state index contributed by atoms with van der Waals surface area (Å²) in [4.78, 5) is 45.5. The quantitative estimate of drug-likeness (QED) is 0.435. The maximum absolute atomic E-state index is 14.1. The number of benzene rings is 1. The number of hydrogen-bond donors (Lipinski definition) is 3. The van der Waals surface area contributed by atoms with Gasteiger partial charge in [0.2, 0.25) is 17.7 Å². The zero-order valence-electron chi connectivity index (χ0n) is 22.5. The highest BCUT2D eigenvalue weighted by Crippen LogP contribution is 2.65. The number of nitrogens with zero attached hydrogens (tertiary/aromatic N) is 2. The van der Waals surface area contributed by atoms with Crippen molar-refractivity contribution in [2.45, 2.75) is 56.9 Å². The van der Waals surface area contributed by atoms with E-state index < -0.39 is 35.1 Å². The number of carbonyl (C=O) groups excluding carboxylic acids is 3. The number of nitrogens with one attached hydrogen (secondary N) is 2. The lowest BCUT2D eigenvalue weighted by Crippen LogP contribution is -2.58. The summed E-state index contributed by atoms with van der Waals surface area (Å²) in [6.07, 6.45) is 0.977. The van der Waals surface area contributed by atoms with Gasteiger partial charge < -0.3 is 30.1 Å². The van der Waals surface area contributed by atoms with Crippen molar-refractivity contribution in [3.63, 3.8) is 0 Å². The predicted molar refractivity (Wildman–Crippen MR) is 140 cm³/mol. The summed E-state index contributed by atoms with van der Waals surface area (Å²) in [5, 5.41) is 16.2. The van der Waals surface area contributed by atoms with Gasteiger partial charge in [0.15, 0.2) is 0 Å². The van der Waals surface area contributed by atoms with Crippen LogP contribution in [-0.2, 0) is 23.9 Å². The molecule has 4 aliphatic heterocycles. The number of carbonyl (C=O) groups is 3. The third kappa shape index (κ3) is 4.31. The first kappa shape index (κ1) is 27.1. The van der Waals surface area contributed by atoms with Gasteiger partial charge in [0.1, 0.15) is 11.6 Å².